The van der Waals surface area contributed by atoms with Gasteiger partial charge in [-0.25, -0.2) is 23.4 Å². The number of benzene rings is 2. The quantitative estimate of drug-likeness (QED) is 0.334. The largest absolute Gasteiger partial charge is 0.396 e. The van der Waals surface area contributed by atoms with Crippen LogP contribution in [0, 0.1) is 0 Å². The summed E-state index contributed by atoms with van der Waals surface area (Å²) in [6.07, 6.45) is 2.24. The highest BCUT2D eigenvalue weighted by Crippen LogP contribution is 2.26. The van der Waals surface area contributed by atoms with Crippen LogP contribution in [0.15, 0.2) is 60.9 Å². The topological polar surface area (TPSA) is 122 Å². The second kappa shape index (κ2) is 9.33. The average molecular weight is 453 g/mol. The fraction of sp³-hybridized carbons (Fsp3) is 0.227. The van der Waals surface area contributed by atoms with Crippen molar-refractivity contribution in [3.05, 3.63) is 66.5 Å². The van der Waals surface area contributed by atoms with Crippen molar-refractivity contribution in [2.45, 2.75) is 12.2 Å². The number of nitrogens with one attached hydrogen (secondary N) is 2. The minimum absolute atomic E-state index is 0.0709. The Morgan fingerprint density at radius 2 is 1.88 bits per heavy atom. The molecule has 0 saturated carbocycles. The molecule has 0 radical (unpaired) electrons. The molecule has 0 bridgehead atoms. The number of sulfonamides is 1. The Morgan fingerprint density at radius 1 is 1.06 bits per heavy atom. The van der Waals surface area contributed by atoms with Crippen LogP contribution in [0.2, 0.25) is 0 Å². The summed E-state index contributed by atoms with van der Waals surface area (Å²) in [5, 5.41) is 12.3. The molecular weight excluding hydrogens is 428 g/mol. The Balaban J connectivity index is 1.63. The average Bonchev–Trinajstić information content (AvgIpc) is 3.15. The van der Waals surface area contributed by atoms with Crippen molar-refractivity contribution in [1.82, 2.24) is 19.5 Å². The zero-order valence-corrected chi connectivity index (χ0v) is 18.4. The molecule has 9 nitrogen and oxygen atoms in total. The van der Waals surface area contributed by atoms with Gasteiger partial charge >= 0.3 is 0 Å². The molecule has 0 fully saturated rings. The van der Waals surface area contributed by atoms with E-state index < -0.39 is 10.0 Å². The van der Waals surface area contributed by atoms with E-state index in [-0.39, 0.29) is 12.4 Å². The van der Waals surface area contributed by atoms with Gasteiger partial charge in [-0.1, -0.05) is 42.5 Å². The van der Waals surface area contributed by atoms with E-state index in [2.05, 4.69) is 25.0 Å². The number of hydrogen-bond donors (Lipinski definition) is 3. The van der Waals surface area contributed by atoms with Crippen molar-refractivity contribution in [2.24, 2.45) is 7.05 Å². The highest BCUT2D eigenvalue weighted by Gasteiger charge is 2.15. The normalized spacial score (nSPS) is 11.6. The Kier molecular flexibility index (Phi) is 6.33. The van der Waals surface area contributed by atoms with Crippen LogP contribution >= 0.6 is 0 Å². The zero-order valence-electron chi connectivity index (χ0n) is 17.6. The Hall–Kier alpha value is -3.50. The number of imidazole rings is 1. The van der Waals surface area contributed by atoms with Crippen LogP contribution in [0.1, 0.15) is 12.0 Å². The number of fused-ring (bicyclic) bond motifs is 1. The smallest absolute Gasteiger partial charge is 0.236 e. The molecule has 0 saturated heterocycles. The van der Waals surface area contributed by atoms with E-state index >= 15 is 0 Å². The summed E-state index contributed by atoms with van der Waals surface area (Å²) in [6.45, 7) is 0.611. The number of aliphatic hydroxyl groups excluding tert-OH is 1. The van der Waals surface area contributed by atoms with Gasteiger partial charge in [0, 0.05) is 31.5 Å². The maximum Gasteiger partial charge on any atom is 0.236 e. The van der Waals surface area contributed by atoms with Gasteiger partial charge in [-0.15, -0.1) is 0 Å². The number of aryl methyl sites for hydroxylation is 1. The first kappa shape index (κ1) is 21.7. The maximum absolute atomic E-state index is 12.6. The summed E-state index contributed by atoms with van der Waals surface area (Å²) in [4.78, 5) is 13.6. The summed E-state index contributed by atoms with van der Waals surface area (Å²) in [6, 6.07) is 16.0. The van der Waals surface area contributed by atoms with Crippen molar-refractivity contribution < 1.29 is 13.5 Å². The van der Waals surface area contributed by atoms with E-state index in [0.717, 1.165) is 0 Å². The lowest BCUT2D eigenvalue weighted by atomic mass is 10.2. The van der Waals surface area contributed by atoms with Crippen LogP contribution in [0.25, 0.3) is 22.6 Å². The van der Waals surface area contributed by atoms with Crippen molar-refractivity contribution in [3.8, 4) is 11.4 Å². The fourth-order valence-electron chi connectivity index (χ4n) is 3.28. The van der Waals surface area contributed by atoms with E-state index in [4.69, 9.17) is 5.11 Å². The van der Waals surface area contributed by atoms with Gasteiger partial charge in [-0.3, -0.25) is 4.72 Å². The molecule has 4 aromatic rings. The van der Waals surface area contributed by atoms with Gasteiger partial charge in [0.25, 0.3) is 0 Å². The molecule has 3 N–H and O–H groups in total. The third-order valence-electron chi connectivity index (χ3n) is 4.78. The molecule has 0 unspecified atom stereocenters. The Morgan fingerprint density at radius 3 is 2.66 bits per heavy atom. The van der Waals surface area contributed by atoms with Crippen molar-refractivity contribution in [2.75, 3.05) is 23.2 Å². The molecule has 4 rings (SSSR count). The van der Waals surface area contributed by atoms with E-state index in [1.807, 2.05) is 31.3 Å². The highest BCUT2D eigenvalue weighted by molar-refractivity contribution is 7.91. The van der Waals surface area contributed by atoms with Crippen LogP contribution in [0.4, 0.5) is 11.5 Å². The number of nitrogens with zero attached hydrogens (tertiary/aromatic N) is 4. The molecule has 0 aliphatic rings. The fourth-order valence-corrected chi connectivity index (χ4v) is 4.47. The van der Waals surface area contributed by atoms with Gasteiger partial charge in [-0.05, 0) is 24.1 Å². The molecule has 2 heterocycles. The molecule has 10 heteroatoms. The summed E-state index contributed by atoms with van der Waals surface area (Å²) in [7, 11) is -1.74. The van der Waals surface area contributed by atoms with Crippen LogP contribution in [-0.4, -0.2) is 46.2 Å². The predicted molar refractivity (Wildman–Crippen MR) is 125 cm³/mol. The minimum Gasteiger partial charge on any atom is -0.396 e. The number of rotatable bonds is 9. The van der Waals surface area contributed by atoms with Gasteiger partial charge < -0.3 is 15.0 Å². The molecule has 0 atom stereocenters. The lowest BCUT2D eigenvalue weighted by Crippen LogP contribution is -2.15. The monoisotopic (exact) mass is 452 g/mol. The zero-order chi connectivity index (χ0) is 22.6. The SMILES string of the molecule is Cn1cnc2c(NCCCO)nc(-c3cccc(NS(=O)(=O)Cc4ccccc4)c3)nc21. The molecule has 0 amide bonds. The first-order valence-electron chi connectivity index (χ1n) is 10.1. The van der Waals surface area contributed by atoms with Crippen LogP contribution in [-0.2, 0) is 22.8 Å². The molecule has 0 aliphatic carbocycles. The third-order valence-corrected chi connectivity index (χ3v) is 6.04. The van der Waals surface area contributed by atoms with Gasteiger partial charge in [0.05, 0.1) is 12.1 Å². The summed E-state index contributed by atoms with van der Waals surface area (Å²) < 4.78 is 29.7. The van der Waals surface area contributed by atoms with Crippen molar-refractivity contribution in [1.29, 1.82) is 0 Å². The van der Waals surface area contributed by atoms with Gasteiger partial charge in [-0.2, -0.15) is 0 Å². The molecule has 32 heavy (non-hydrogen) atoms. The maximum atomic E-state index is 12.6. The van der Waals surface area contributed by atoms with Gasteiger partial charge in [0.15, 0.2) is 17.3 Å². The summed E-state index contributed by atoms with van der Waals surface area (Å²) >= 11 is 0. The molecule has 2 aromatic carbocycles. The standard InChI is InChI=1S/C22H24N6O3S/c1-28-15-24-19-21(23-11-6-12-29)25-20(26-22(19)28)17-9-5-10-18(13-17)27-32(30,31)14-16-7-3-2-4-8-16/h2-5,7-10,13,15,27,29H,6,11-12,14H2,1H3,(H,23,25,26). The van der Waals surface area contributed by atoms with Gasteiger partial charge in [0.1, 0.15) is 5.52 Å². The van der Waals surface area contributed by atoms with E-state index in [9.17, 15) is 8.42 Å². The second-order valence-corrected chi connectivity index (χ2v) is 9.08. The molecular formula is C22H24N6O3S. The summed E-state index contributed by atoms with van der Waals surface area (Å²) in [5.41, 5.74) is 3.09. The Labute approximate surface area is 186 Å². The van der Waals surface area contributed by atoms with Crippen molar-refractivity contribution in [3.63, 3.8) is 0 Å². The van der Waals surface area contributed by atoms with E-state index in [1.54, 1.807) is 41.2 Å². The number of anilines is 2. The number of aliphatic hydroxyl groups is 1. The number of aromatic nitrogens is 4. The molecule has 166 valence electrons. The highest BCUT2D eigenvalue weighted by atomic mass is 32.2. The minimum atomic E-state index is -3.58. The van der Waals surface area contributed by atoms with Crippen LogP contribution in [0.5, 0.6) is 0 Å². The first-order chi connectivity index (χ1) is 15.4. The lowest BCUT2D eigenvalue weighted by Gasteiger charge is -2.11. The van der Waals surface area contributed by atoms with E-state index in [1.165, 1.54) is 0 Å². The Bertz CT molecular complexity index is 1320. The van der Waals surface area contributed by atoms with Crippen LogP contribution in [0.3, 0.4) is 0 Å². The predicted octanol–water partition coefficient (Wildman–Crippen LogP) is 2.77. The molecule has 0 spiro atoms. The van der Waals surface area contributed by atoms with Crippen molar-refractivity contribution >= 4 is 32.7 Å². The number of hydrogen-bond acceptors (Lipinski definition) is 7. The lowest BCUT2D eigenvalue weighted by molar-refractivity contribution is 0.292. The first-order valence-corrected chi connectivity index (χ1v) is 11.8. The molecule has 0 aliphatic heterocycles. The van der Waals surface area contributed by atoms with Gasteiger partial charge in [0.2, 0.25) is 10.0 Å². The second-order valence-electron chi connectivity index (χ2n) is 7.35. The van der Waals surface area contributed by atoms with Crippen LogP contribution < -0.4 is 10.0 Å². The summed E-state index contributed by atoms with van der Waals surface area (Å²) in [5.74, 6) is 0.889. The van der Waals surface area contributed by atoms with E-state index in [0.29, 0.717) is 52.6 Å². The molecule has 2 aromatic heterocycles. The third kappa shape index (κ3) is 5.04.